The van der Waals surface area contributed by atoms with Crippen molar-refractivity contribution in [3.63, 3.8) is 0 Å². The predicted molar refractivity (Wildman–Crippen MR) is 125 cm³/mol. The number of phenols is 1. The molecule has 1 aliphatic rings. The molecular formula is C27H20ClNO2. The lowest BCUT2D eigenvalue weighted by atomic mass is 9.94. The van der Waals surface area contributed by atoms with Crippen LogP contribution in [0.4, 0.5) is 0 Å². The van der Waals surface area contributed by atoms with Crippen molar-refractivity contribution >= 4 is 33.9 Å². The second-order valence-electron chi connectivity index (χ2n) is 7.87. The molecule has 0 spiro atoms. The number of fused-ring (bicyclic) bond motifs is 2. The molecule has 0 aliphatic carbocycles. The number of halogens is 1. The van der Waals surface area contributed by atoms with Crippen LogP contribution >= 0.6 is 11.6 Å². The summed E-state index contributed by atoms with van der Waals surface area (Å²) in [5, 5.41) is 12.6. The molecule has 152 valence electrons. The van der Waals surface area contributed by atoms with Crippen molar-refractivity contribution in [2.45, 2.75) is 18.9 Å². The molecule has 5 rings (SSSR count). The van der Waals surface area contributed by atoms with E-state index in [4.69, 9.17) is 16.6 Å². The Morgan fingerprint density at radius 3 is 2.48 bits per heavy atom. The quantitative estimate of drug-likeness (QED) is 0.452. The highest BCUT2D eigenvalue weighted by Gasteiger charge is 2.26. The molecule has 1 aliphatic heterocycles. The highest BCUT2D eigenvalue weighted by molar-refractivity contribution is 6.31. The number of aromatic hydroxyl groups is 1. The van der Waals surface area contributed by atoms with Gasteiger partial charge in [0, 0.05) is 29.0 Å². The minimum Gasteiger partial charge on any atom is -0.508 e. The van der Waals surface area contributed by atoms with Crippen LogP contribution in [0.5, 0.6) is 5.75 Å². The van der Waals surface area contributed by atoms with Gasteiger partial charge in [-0.05, 0) is 58.3 Å². The van der Waals surface area contributed by atoms with E-state index in [0.29, 0.717) is 17.9 Å². The number of hydrogen-bond donors (Lipinski definition) is 1. The Bertz CT molecular complexity index is 1320. The first-order valence-electron chi connectivity index (χ1n) is 10.2. The van der Waals surface area contributed by atoms with Gasteiger partial charge in [0.05, 0.1) is 5.71 Å². The van der Waals surface area contributed by atoms with Gasteiger partial charge in [0.1, 0.15) is 11.8 Å². The van der Waals surface area contributed by atoms with Gasteiger partial charge in [0.15, 0.2) is 5.78 Å². The maximum atomic E-state index is 13.2. The smallest absolute Gasteiger partial charge is 0.162 e. The van der Waals surface area contributed by atoms with E-state index in [1.165, 1.54) is 5.39 Å². The molecule has 31 heavy (non-hydrogen) atoms. The number of Topliss-reactive ketones (excluding diaryl/α,β-unsaturated/α-hetero) is 1. The summed E-state index contributed by atoms with van der Waals surface area (Å²) >= 11 is 6.29. The number of nitrogens with zero attached hydrogens (tertiary/aromatic N) is 1. The number of ketones is 1. The monoisotopic (exact) mass is 425 g/mol. The fourth-order valence-electron chi connectivity index (χ4n) is 4.12. The molecule has 0 aromatic heterocycles. The van der Waals surface area contributed by atoms with Gasteiger partial charge < -0.3 is 5.11 Å². The first-order chi connectivity index (χ1) is 15.1. The van der Waals surface area contributed by atoms with Crippen LogP contribution in [-0.4, -0.2) is 22.6 Å². The second kappa shape index (κ2) is 8.01. The normalized spacial score (nSPS) is 16.0. The molecule has 3 nitrogen and oxygen atoms in total. The van der Waals surface area contributed by atoms with Crippen LogP contribution in [0.25, 0.3) is 10.8 Å². The van der Waals surface area contributed by atoms with E-state index < -0.39 is 6.04 Å². The van der Waals surface area contributed by atoms with Crippen molar-refractivity contribution in [1.82, 2.24) is 0 Å². The minimum atomic E-state index is -0.490. The molecular weight excluding hydrogens is 406 g/mol. The molecule has 0 fully saturated rings. The summed E-state index contributed by atoms with van der Waals surface area (Å²) in [5.41, 5.74) is 4.44. The van der Waals surface area contributed by atoms with Gasteiger partial charge in [-0.3, -0.25) is 9.79 Å². The van der Waals surface area contributed by atoms with E-state index in [1.54, 1.807) is 12.1 Å². The van der Waals surface area contributed by atoms with Crippen LogP contribution in [0.1, 0.15) is 22.3 Å². The molecule has 4 aromatic carbocycles. The van der Waals surface area contributed by atoms with Crippen molar-refractivity contribution in [2.24, 2.45) is 4.99 Å². The highest BCUT2D eigenvalue weighted by Crippen LogP contribution is 2.27. The van der Waals surface area contributed by atoms with Crippen molar-refractivity contribution < 1.29 is 9.90 Å². The summed E-state index contributed by atoms with van der Waals surface area (Å²) in [6.45, 7) is 0. The summed E-state index contributed by atoms with van der Waals surface area (Å²) in [7, 11) is 0. The molecule has 0 saturated heterocycles. The van der Waals surface area contributed by atoms with Crippen LogP contribution in [-0.2, 0) is 17.6 Å². The third kappa shape index (κ3) is 3.97. The SMILES string of the molecule is O=C1Cc2ccc(Cl)cc2C(c2ccc(O)cc2)=NC1Cc1ccc2ccccc2c1. The summed E-state index contributed by atoms with van der Waals surface area (Å²) in [6, 6.07) is 26.5. The summed E-state index contributed by atoms with van der Waals surface area (Å²) in [6.07, 6.45) is 0.850. The average molecular weight is 426 g/mol. The lowest BCUT2D eigenvalue weighted by Crippen LogP contribution is -2.23. The Morgan fingerprint density at radius 2 is 1.68 bits per heavy atom. The van der Waals surface area contributed by atoms with E-state index in [0.717, 1.165) is 33.4 Å². The molecule has 1 heterocycles. The van der Waals surface area contributed by atoms with Crippen molar-refractivity contribution in [3.05, 3.63) is 112 Å². The molecule has 0 saturated carbocycles. The fourth-order valence-corrected chi connectivity index (χ4v) is 4.30. The lowest BCUT2D eigenvalue weighted by Gasteiger charge is -2.13. The van der Waals surface area contributed by atoms with Crippen LogP contribution < -0.4 is 0 Å². The van der Waals surface area contributed by atoms with Crippen LogP contribution in [0.2, 0.25) is 5.02 Å². The number of rotatable bonds is 3. The van der Waals surface area contributed by atoms with Crippen LogP contribution in [0.15, 0.2) is 89.9 Å². The first-order valence-corrected chi connectivity index (χ1v) is 10.6. The van der Waals surface area contributed by atoms with E-state index in [-0.39, 0.29) is 11.5 Å². The number of carbonyl (C=O) groups is 1. The topological polar surface area (TPSA) is 49.7 Å². The van der Waals surface area contributed by atoms with Crippen molar-refractivity contribution in [1.29, 1.82) is 0 Å². The van der Waals surface area contributed by atoms with E-state index >= 15 is 0 Å². The summed E-state index contributed by atoms with van der Waals surface area (Å²) in [4.78, 5) is 18.1. The maximum absolute atomic E-state index is 13.2. The Labute approximate surface area is 185 Å². The van der Waals surface area contributed by atoms with Crippen LogP contribution in [0, 0.1) is 0 Å². The minimum absolute atomic E-state index is 0.0884. The zero-order valence-electron chi connectivity index (χ0n) is 16.8. The Hall–Kier alpha value is -3.43. The van der Waals surface area contributed by atoms with E-state index in [9.17, 15) is 9.90 Å². The number of hydrogen-bond acceptors (Lipinski definition) is 3. The Balaban J connectivity index is 1.59. The van der Waals surface area contributed by atoms with Gasteiger partial charge in [-0.25, -0.2) is 0 Å². The van der Waals surface area contributed by atoms with Crippen LogP contribution in [0.3, 0.4) is 0 Å². The Morgan fingerprint density at radius 1 is 0.903 bits per heavy atom. The van der Waals surface area contributed by atoms with E-state index in [2.05, 4.69) is 30.3 Å². The van der Waals surface area contributed by atoms with Gasteiger partial charge in [-0.1, -0.05) is 60.1 Å². The highest BCUT2D eigenvalue weighted by atomic mass is 35.5. The standard InChI is InChI=1S/C27H20ClNO2/c28-22-10-7-21-15-26(31)25(14-17-5-6-18-3-1-2-4-20(18)13-17)29-27(24(21)16-22)19-8-11-23(30)12-9-19/h1-13,16,25,30H,14-15H2. The molecule has 0 bridgehead atoms. The third-order valence-corrected chi connectivity index (χ3v) is 5.97. The molecule has 1 unspecified atom stereocenters. The van der Waals surface area contributed by atoms with Crippen molar-refractivity contribution in [3.8, 4) is 5.75 Å². The Kier molecular flexibility index (Phi) is 5.05. The van der Waals surface area contributed by atoms with Gasteiger partial charge in [-0.2, -0.15) is 0 Å². The lowest BCUT2D eigenvalue weighted by molar-refractivity contribution is -0.119. The molecule has 1 N–H and O–H groups in total. The third-order valence-electron chi connectivity index (χ3n) is 5.73. The summed E-state index contributed by atoms with van der Waals surface area (Å²) < 4.78 is 0. The average Bonchev–Trinajstić information content (AvgIpc) is 2.91. The fraction of sp³-hybridized carbons (Fsp3) is 0.111. The van der Waals surface area contributed by atoms with Gasteiger partial charge in [0.2, 0.25) is 0 Å². The van der Waals surface area contributed by atoms with E-state index in [1.807, 2.05) is 42.5 Å². The zero-order valence-corrected chi connectivity index (χ0v) is 17.5. The largest absolute Gasteiger partial charge is 0.508 e. The number of phenolic OH excluding ortho intramolecular Hbond substituents is 1. The summed E-state index contributed by atoms with van der Waals surface area (Å²) in [5.74, 6) is 0.276. The molecule has 1 atom stereocenters. The predicted octanol–water partition coefficient (Wildman–Crippen LogP) is 5.77. The van der Waals surface area contributed by atoms with Crippen molar-refractivity contribution in [2.75, 3.05) is 0 Å². The second-order valence-corrected chi connectivity index (χ2v) is 8.31. The first kappa shape index (κ1) is 19.5. The number of carbonyl (C=O) groups excluding carboxylic acids is 1. The van der Waals surface area contributed by atoms with Gasteiger partial charge in [-0.15, -0.1) is 0 Å². The molecule has 0 amide bonds. The van der Waals surface area contributed by atoms with Gasteiger partial charge >= 0.3 is 0 Å². The molecule has 4 heteroatoms. The van der Waals surface area contributed by atoms with Gasteiger partial charge in [0.25, 0.3) is 0 Å². The number of aliphatic imine (C=N–C) groups is 1. The molecule has 0 radical (unpaired) electrons. The molecule has 4 aromatic rings. The maximum Gasteiger partial charge on any atom is 0.162 e. The number of benzene rings is 4. The zero-order chi connectivity index (χ0) is 21.4.